The second-order valence-corrected chi connectivity index (χ2v) is 12.4. The Balaban J connectivity index is 1.07. The first-order valence-electron chi connectivity index (χ1n) is 16.0. The van der Waals surface area contributed by atoms with Gasteiger partial charge in [0.15, 0.2) is 0 Å². The molecule has 0 N–H and O–H groups in total. The molecule has 0 fully saturated rings. The second kappa shape index (κ2) is 9.88. The van der Waals surface area contributed by atoms with Crippen LogP contribution < -0.4 is 25.9 Å². The molecule has 3 aliphatic rings. The zero-order valence-electron chi connectivity index (χ0n) is 25.1. The Morgan fingerprint density at radius 2 is 1.22 bits per heavy atom. The van der Waals surface area contributed by atoms with Crippen molar-refractivity contribution in [2.45, 2.75) is 12.8 Å². The predicted molar refractivity (Wildman–Crippen MR) is 190 cm³/mol. The fourth-order valence-corrected chi connectivity index (χ4v) is 7.62. The molecule has 216 valence electrons. The number of nitrogens with zero attached hydrogens (tertiary/aromatic N) is 1. The Bertz CT molecular complexity index is 2380. The van der Waals surface area contributed by atoms with E-state index in [1.165, 1.54) is 49.5 Å². The van der Waals surface area contributed by atoms with Crippen LogP contribution in [-0.2, 0) is 0 Å². The van der Waals surface area contributed by atoms with Gasteiger partial charge in [-0.1, -0.05) is 97.1 Å². The van der Waals surface area contributed by atoms with Gasteiger partial charge in [-0.25, -0.2) is 0 Å². The first kappa shape index (κ1) is 25.6. The smallest absolute Gasteiger partial charge is 0.260 e. The van der Waals surface area contributed by atoms with E-state index in [0.29, 0.717) is 0 Å². The maximum Gasteiger partial charge on any atom is 0.260 e. The summed E-state index contributed by atoms with van der Waals surface area (Å²) in [6, 6.07) is 45.7. The average molecular weight is 590 g/mol. The summed E-state index contributed by atoms with van der Waals surface area (Å²) in [5, 5.41) is 2.54. The van der Waals surface area contributed by atoms with E-state index in [9.17, 15) is 0 Å². The lowest BCUT2D eigenvalue weighted by Crippen LogP contribution is -2.57. The third kappa shape index (κ3) is 3.80. The average Bonchev–Trinajstić information content (AvgIpc) is 3.46. The van der Waals surface area contributed by atoms with Crippen LogP contribution in [0.2, 0.25) is 0 Å². The number of hydrogen-bond acceptors (Lipinski definition) is 2. The maximum atomic E-state index is 6.56. The van der Waals surface area contributed by atoms with Gasteiger partial charge in [0.25, 0.3) is 6.71 Å². The van der Waals surface area contributed by atoms with Crippen molar-refractivity contribution in [2.24, 2.45) is 0 Å². The molecule has 46 heavy (non-hydrogen) atoms. The molecule has 0 bridgehead atoms. The van der Waals surface area contributed by atoms with Crippen molar-refractivity contribution in [3.05, 3.63) is 151 Å². The molecule has 3 nitrogen and oxygen atoms in total. The molecule has 2 aliphatic heterocycles. The number of hydrogen-bond donors (Lipinski definition) is 0. The van der Waals surface area contributed by atoms with Gasteiger partial charge in [0.1, 0.15) is 23.0 Å². The summed E-state index contributed by atoms with van der Waals surface area (Å²) >= 11 is 0. The van der Waals surface area contributed by atoms with Crippen molar-refractivity contribution in [1.82, 2.24) is 4.57 Å². The molecule has 6 aromatic carbocycles. The zero-order valence-corrected chi connectivity index (χ0v) is 25.1. The summed E-state index contributed by atoms with van der Waals surface area (Å²) < 4.78 is 15.4. The molecule has 10 rings (SSSR count). The molecule has 0 atom stereocenters. The minimum absolute atomic E-state index is 0.0282. The highest BCUT2D eigenvalue weighted by Crippen LogP contribution is 2.37. The molecule has 1 aromatic heterocycles. The molecule has 0 radical (unpaired) electrons. The van der Waals surface area contributed by atoms with Gasteiger partial charge < -0.3 is 14.0 Å². The maximum absolute atomic E-state index is 6.56. The van der Waals surface area contributed by atoms with Gasteiger partial charge in [-0.05, 0) is 94.6 Å². The fraction of sp³-hybridized carbons (Fsp3) is 0.0476. The quantitative estimate of drug-likeness (QED) is 0.192. The number of benzene rings is 6. The molecular weight excluding hydrogens is 561 g/mol. The molecule has 0 spiro atoms. The summed E-state index contributed by atoms with van der Waals surface area (Å²) in [6.07, 6.45) is 8.97. The molecule has 0 amide bonds. The van der Waals surface area contributed by atoms with Gasteiger partial charge in [-0.2, -0.15) is 0 Å². The molecular formula is C42H28BNO2. The molecule has 7 aromatic rings. The van der Waals surface area contributed by atoms with Crippen LogP contribution in [0.1, 0.15) is 18.4 Å². The van der Waals surface area contributed by atoms with E-state index in [-0.39, 0.29) is 6.71 Å². The summed E-state index contributed by atoms with van der Waals surface area (Å²) in [7, 11) is 0. The van der Waals surface area contributed by atoms with Crippen LogP contribution in [0.15, 0.2) is 146 Å². The molecule has 0 saturated carbocycles. The molecule has 3 heterocycles. The Labute approximate surface area is 267 Å². The number of para-hydroxylation sites is 2. The molecule has 0 saturated heterocycles. The van der Waals surface area contributed by atoms with Crippen LogP contribution in [-0.4, -0.2) is 11.3 Å². The number of allylic oxidation sites excluding steroid dienone is 4. The number of fused-ring (bicyclic) bond motifs is 7. The lowest BCUT2D eigenvalue weighted by atomic mass is 9.34. The van der Waals surface area contributed by atoms with Gasteiger partial charge in [0.2, 0.25) is 0 Å². The van der Waals surface area contributed by atoms with Gasteiger partial charge in [-0.15, -0.1) is 0 Å². The number of rotatable bonds is 3. The Hall–Kier alpha value is -5.74. The van der Waals surface area contributed by atoms with E-state index in [2.05, 4.69) is 144 Å². The Kier molecular flexibility index (Phi) is 5.50. The summed E-state index contributed by atoms with van der Waals surface area (Å²) in [4.78, 5) is 0. The topological polar surface area (TPSA) is 23.4 Å². The van der Waals surface area contributed by atoms with Crippen molar-refractivity contribution in [2.75, 3.05) is 0 Å². The summed E-state index contributed by atoms with van der Waals surface area (Å²) in [6.45, 7) is 0.0282. The first-order chi connectivity index (χ1) is 22.8. The Morgan fingerprint density at radius 3 is 1.96 bits per heavy atom. The van der Waals surface area contributed by atoms with E-state index in [1.807, 2.05) is 6.07 Å². The van der Waals surface area contributed by atoms with Crippen LogP contribution >= 0.6 is 0 Å². The zero-order chi connectivity index (χ0) is 30.2. The van der Waals surface area contributed by atoms with Crippen molar-refractivity contribution >= 4 is 50.5 Å². The van der Waals surface area contributed by atoms with E-state index in [4.69, 9.17) is 9.47 Å². The lowest BCUT2D eigenvalue weighted by molar-refractivity contribution is 0.464. The van der Waals surface area contributed by atoms with Gasteiger partial charge in [0.05, 0.1) is 11.0 Å². The number of ether oxygens (including phenoxy) is 2. The first-order valence-corrected chi connectivity index (χ1v) is 16.0. The highest BCUT2D eigenvalue weighted by Gasteiger charge is 2.40. The van der Waals surface area contributed by atoms with Crippen LogP contribution in [0.3, 0.4) is 0 Å². The largest absolute Gasteiger partial charge is 0.458 e. The van der Waals surface area contributed by atoms with E-state index in [0.717, 1.165) is 52.5 Å². The normalized spacial score (nSPS) is 14.3. The standard InChI is InChI=1S/C42H28BNO2/c1-2-9-27(10-3-1)30-19-23-34-41(26-30)46-40-16-8-15-39-42(40)43(34)35-25-29(20-24-38(35)45-39)28-17-21-31(22-18-28)44-36-13-6-4-11-32(36)33-12-5-7-14-37(33)44/h2,4-26H,1,3H2. The third-order valence-corrected chi connectivity index (χ3v) is 9.77. The summed E-state index contributed by atoms with van der Waals surface area (Å²) in [5.74, 6) is 3.55. The van der Waals surface area contributed by atoms with E-state index in [1.54, 1.807) is 0 Å². The molecule has 1 aliphatic carbocycles. The summed E-state index contributed by atoms with van der Waals surface area (Å²) in [5.41, 5.74) is 11.8. The van der Waals surface area contributed by atoms with Crippen LogP contribution in [0.4, 0.5) is 0 Å². The van der Waals surface area contributed by atoms with Crippen LogP contribution in [0.25, 0.3) is 44.2 Å². The molecule has 4 heteroatoms. The predicted octanol–water partition coefficient (Wildman–Crippen LogP) is 8.91. The van der Waals surface area contributed by atoms with Gasteiger partial charge >= 0.3 is 0 Å². The van der Waals surface area contributed by atoms with Crippen molar-refractivity contribution < 1.29 is 9.47 Å². The van der Waals surface area contributed by atoms with Crippen molar-refractivity contribution in [3.63, 3.8) is 0 Å². The molecule has 0 unspecified atom stereocenters. The van der Waals surface area contributed by atoms with Gasteiger partial charge in [0, 0.05) is 21.9 Å². The highest BCUT2D eigenvalue weighted by atomic mass is 16.5. The van der Waals surface area contributed by atoms with E-state index >= 15 is 0 Å². The minimum Gasteiger partial charge on any atom is -0.458 e. The van der Waals surface area contributed by atoms with Crippen LogP contribution in [0, 0.1) is 0 Å². The lowest BCUT2D eigenvalue weighted by Gasteiger charge is -2.33. The third-order valence-electron chi connectivity index (χ3n) is 9.77. The van der Waals surface area contributed by atoms with Gasteiger partial charge in [-0.3, -0.25) is 0 Å². The SMILES string of the molecule is C1=CC(c2ccc3c(c2)Oc2cccc4c2B3c2cc(-c3ccc(-n5c6ccccc6c6ccccc65)cc3)ccc2O4)=CCC1. The second-order valence-electron chi connectivity index (χ2n) is 12.4. The monoisotopic (exact) mass is 589 g/mol. The number of aromatic nitrogens is 1. The van der Waals surface area contributed by atoms with Crippen molar-refractivity contribution in [1.29, 1.82) is 0 Å². The fourth-order valence-electron chi connectivity index (χ4n) is 7.62. The Morgan fingerprint density at radius 1 is 0.522 bits per heavy atom. The van der Waals surface area contributed by atoms with E-state index < -0.39 is 0 Å². The van der Waals surface area contributed by atoms with Crippen molar-refractivity contribution in [3.8, 4) is 39.8 Å². The minimum atomic E-state index is 0.0282. The van der Waals surface area contributed by atoms with Crippen LogP contribution in [0.5, 0.6) is 23.0 Å². The highest BCUT2D eigenvalue weighted by molar-refractivity contribution is 6.98.